The zero-order valence-electron chi connectivity index (χ0n) is 13.0. The fourth-order valence-electron chi connectivity index (χ4n) is 4.18. The van der Waals surface area contributed by atoms with Gasteiger partial charge in [0, 0.05) is 38.8 Å². The van der Waals surface area contributed by atoms with Crippen molar-refractivity contribution >= 4 is 0 Å². The third kappa shape index (κ3) is 3.73. The van der Waals surface area contributed by atoms with Crippen LogP contribution < -0.4 is 5.32 Å². The quantitative estimate of drug-likeness (QED) is 0.836. The van der Waals surface area contributed by atoms with E-state index in [1.54, 1.807) is 0 Å². The number of ether oxygens (including phenoxy) is 1. The summed E-state index contributed by atoms with van der Waals surface area (Å²) in [5, 5.41) is 3.63. The van der Waals surface area contributed by atoms with Crippen molar-refractivity contribution in [2.75, 3.05) is 59.0 Å². The van der Waals surface area contributed by atoms with E-state index < -0.39 is 0 Å². The lowest BCUT2D eigenvalue weighted by Gasteiger charge is -2.45. The Morgan fingerprint density at radius 3 is 2.80 bits per heavy atom. The molecule has 0 aromatic rings. The maximum absolute atomic E-state index is 5.48. The molecule has 0 bridgehead atoms. The molecule has 3 rings (SSSR count). The van der Waals surface area contributed by atoms with Gasteiger partial charge in [-0.2, -0.15) is 0 Å². The molecule has 0 radical (unpaired) electrons. The molecule has 0 aromatic carbocycles. The van der Waals surface area contributed by atoms with Gasteiger partial charge in [0.15, 0.2) is 0 Å². The van der Waals surface area contributed by atoms with Gasteiger partial charge in [-0.25, -0.2) is 0 Å². The van der Waals surface area contributed by atoms with Crippen LogP contribution in [0, 0.1) is 11.8 Å². The first-order chi connectivity index (χ1) is 9.83. The fourth-order valence-corrected chi connectivity index (χ4v) is 4.18. The van der Waals surface area contributed by atoms with Crippen LogP contribution in [-0.4, -0.2) is 74.9 Å². The summed E-state index contributed by atoms with van der Waals surface area (Å²) in [6, 6.07) is 0.759. The van der Waals surface area contributed by atoms with Crippen LogP contribution in [0.2, 0.25) is 0 Å². The van der Waals surface area contributed by atoms with Crippen LogP contribution in [0.15, 0.2) is 0 Å². The molecule has 3 atom stereocenters. The molecule has 116 valence electrons. The van der Waals surface area contributed by atoms with Gasteiger partial charge >= 0.3 is 0 Å². The fraction of sp³-hybridized carbons (Fsp3) is 1.00. The average Bonchev–Trinajstić information content (AvgIpc) is 2.49. The standard InChI is InChI=1S/C16H31N3O/c1-14-3-2-6-19(12-14)16-11-17-5-4-15(16)13-18-7-9-20-10-8-18/h14-17H,2-13H2,1H3. The Labute approximate surface area is 123 Å². The normalized spacial score (nSPS) is 38.0. The van der Waals surface area contributed by atoms with E-state index in [-0.39, 0.29) is 0 Å². The Hall–Kier alpha value is -0.160. The number of nitrogens with one attached hydrogen (secondary N) is 1. The van der Waals surface area contributed by atoms with Crippen LogP contribution in [0.4, 0.5) is 0 Å². The zero-order chi connectivity index (χ0) is 13.8. The molecule has 3 aliphatic rings. The van der Waals surface area contributed by atoms with E-state index in [0.29, 0.717) is 0 Å². The van der Waals surface area contributed by atoms with Crippen LogP contribution >= 0.6 is 0 Å². The van der Waals surface area contributed by atoms with E-state index in [0.717, 1.165) is 44.2 Å². The molecule has 3 fully saturated rings. The van der Waals surface area contributed by atoms with Gasteiger partial charge < -0.3 is 10.1 Å². The largest absolute Gasteiger partial charge is 0.379 e. The molecule has 3 aliphatic heterocycles. The lowest BCUT2D eigenvalue weighted by Crippen LogP contribution is -2.56. The highest BCUT2D eigenvalue weighted by molar-refractivity contribution is 4.89. The summed E-state index contributed by atoms with van der Waals surface area (Å²) in [7, 11) is 0. The molecular formula is C16H31N3O. The van der Waals surface area contributed by atoms with Crippen molar-refractivity contribution in [2.45, 2.75) is 32.2 Å². The first-order valence-corrected chi connectivity index (χ1v) is 8.58. The summed E-state index contributed by atoms with van der Waals surface area (Å²) >= 11 is 0. The van der Waals surface area contributed by atoms with Crippen molar-refractivity contribution in [3.8, 4) is 0 Å². The number of likely N-dealkylation sites (tertiary alicyclic amines) is 1. The minimum Gasteiger partial charge on any atom is -0.379 e. The van der Waals surface area contributed by atoms with Gasteiger partial charge in [-0.3, -0.25) is 9.80 Å². The molecule has 3 saturated heterocycles. The first-order valence-electron chi connectivity index (χ1n) is 8.58. The molecule has 3 unspecified atom stereocenters. The van der Waals surface area contributed by atoms with Gasteiger partial charge in [-0.05, 0) is 44.2 Å². The molecule has 1 N–H and O–H groups in total. The average molecular weight is 281 g/mol. The van der Waals surface area contributed by atoms with Gasteiger partial charge in [-0.1, -0.05) is 6.92 Å². The van der Waals surface area contributed by atoms with Crippen molar-refractivity contribution in [3.05, 3.63) is 0 Å². The minimum absolute atomic E-state index is 0.759. The number of hydrogen-bond donors (Lipinski definition) is 1. The van der Waals surface area contributed by atoms with E-state index in [2.05, 4.69) is 22.0 Å². The van der Waals surface area contributed by atoms with E-state index >= 15 is 0 Å². The zero-order valence-corrected chi connectivity index (χ0v) is 13.0. The molecule has 0 spiro atoms. The number of rotatable bonds is 3. The molecule has 0 aliphatic carbocycles. The SMILES string of the molecule is CC1CCCN(C2CNCCC2CN2CCOCC2)C1. The number of piperidine rings is 2. The van der Waals surface area contributed by atoms with Crippen LogP contribution in [-0.2, 0) is 4.74 Å². The predicted molar refractivity (Wildman–Crippen MR) is 82.0 cm³/mol. The summed E-state index contributed by atoms with van der Waals surface area (Å²) in [6.07, 6.45) is 4.15. The smallest absolute Gasteiger partial charge is 0.0594 e. The Balaban J connectivity index is 1.57. The Morgan fingerprint density at radius 1 is 1.15 bits per heavy atom. The lowest BCUT2D eigenvalue weighted by atomic mass is 9.88. The van der Waals surface area contributed by atoms with Crippen molar-refractivity contribution in [1.29, 1.82) is 0 Å². The Kier molecular flexibility index (Phi) is 5.32. The second kappa shape index (κ2) is 7.21. The first kappa shape index (κ1) is 14.8. The van der Waals surface area contributed by atoms with Crippen LogP contribution in [0.3, 0.4) is 0 Å². The summed E-state index contributed by atoms with van der Waals surface area (Å²) < 4.78 is 5.48. The highest BCUT2D eigenvalue weighted by Crippen LogP contribution is 2.25. The molecule has 4 heteroatoms. The number of morpholine rings is 1. The van der Waals surface area contributed by atoms with E-state index in [4.69, 9.17) is 4.74 Å². The van der Waals surface area contributed by atoms with Gasteiger partial charge in [0.25, 0.3) is 0 Å². The van der Waals surface area contributed by atoms with Crippen LogP contribution in [0.25, 0.3) is 0 Å². The summed E-state index contributed by atoms with van der Waals surface area (Å²) in [4.78, 5) is 5.41. The van der Waals surface area contributed by atoms with Crippen molar-refractivity contribution in [3.63, 3.8) is 0 Å². The molecule has 0 saturated carbocycles. The van der Waals surface area contributed by atoms with E-state index in [1.807, 2.05) is 0 Å². The highest BCUT2D eigenvalue weighted by Gasteiger charge is 2.33. The van der Waals surface area contributed by atoms with Crippen LogP contribution in [0.5, 0.6) is 0 Å². The monoisotopic (exact) mass is 281 g/mol. The molecule has 0 aromatic heterocycles. The second-order valence-corrected chi connectivity index (χ2v) is 6.98. The molecule has 20 heavy (non-hydrogen) atoms. The Bertz CT molecular complexity index is 293. The van der Waals surface area contributed by atoms with Crippen molar-refractivity contribution in [2.24, 2.45) is 11.8 Å². The summed E-state index contributed by atoms with van der Waals surface area (Å²) in [6.45, 7) is 12.8. The number of nitrogens with zero attached hydrogens (tertiary/aromatic N) is 2. The third-order valence-corrected chi connectivity index (χ3v) is 5.34. The van der Waals surface area contributed by atoms with Crippen molar-refractivity contribution < 1.29 is 4.74 Å². The summed E-state index contributed by atoms with van der Waals surface area (Å²) in [5.41, 5.74) is 0. The van der Waals surface area contributed by atoms with E-state index in [1.165, 1.54) is 52.0 Å². The lowest BCUT2D eigenvalue weighted by molar-refractivity contribution is 0.00876. The molecule has 3 heterocycles. The molecule has 0 amide bonds. The molecule has 4 nitrogen and oxygen atoms in total. The van der Waals surface area contributed by atoms with Gasteiger partial charge in [0.05, 0.1) is 13.2 Å². The second-order valence-electron chi connectivity index (χ2n) is 6.98. The van der Waals surface area contributed by atoms with E-state index in [9.17, 15) is 0 Å². The third-order valence-electron chi connectivity index (χ3n) is 5.34. The van der Waals surface area contributed by atoms with Crippen LogP contribution in [0.1, 0.15) is 26.2 Å². The topological polar surface area (TPSA) is 27.7 Å². The maximum Gasteiger partial charge on any atom is 0.0594 e. The molecular weight excluding hydrogens is 250 g/mol. The van der Waals surface area contributed by atoms with Gasteiger partial charge in [0.1, 0.15) is 0 Å². The number of hydrogen-bond acceptors (Lipinski definition) is 4. The predicted octanol–water partition coefficient (Wildman–Crippen LogP) is 1.03. The Morgan fingerprint density at radius 2 is 2.00 bits per heavy atom. The van der Waals surface area contributed by atoms with Gasteiger partial charge in [0.2, 0.25) is 0 Å². The summed E-state index contributed by atoms with van der Waals surface area (Å²) in [5.74, 6) is 1.73. The van der Waals surface area contributed by atoms with Crippen molar-refractivity contribution in [1.82, 2.24) is 15.1 Å². The van der Waals surface area contributed by atoms with Gasteiger partial charge in [-0.15, -0.1) is 0 Å². The highest BCUT2D eigenvalue weighted by atomic mass is 16.5. The minimum atomic E-state index is 0.759. The maximum atomic E-state index is 5.48.